The van der Waals surface area contributed by atoms with Crippen molar-refractivity contribution in [2.24, 2.45) is 0 Å². The number of nitrogens with one attached hydrogen (secondary N) is 1. The topological polar surface area (TPSA) is 84.2 Å². The molecule has 1 aromatic carbocycles. The first-order valence-electron chi connectivity index (χ1n) is 5.93. The minimum atomic E-state index is -1.04. The minimum Gasteiger partial charge on any atom is -0.480 e. The van der Waals surface area contributed by atoms with Crippen LogP contribution < -0.4 is 5.32 Å². The summed E-state index contributed by atoms with van der Waals surface area (Å²) in [6.07, 6.45) is 1.42. The summed E-state index contributed by atoms with van der Waals surface area (Å²) in [5.41, 5.74) is 0.439. The Labute approximate surface area is 130 Å². The molecule has 1 atom stereocenters. The van der Waals surface area contributed by atoms with Crippen LogP contribution in [0.25, 0.3) is 0 Å². The van der Waals surface area contributed by atoms with Crippen molar-refractivity contribution in [2.75, 3.05) is 5.32 Å². The molecule has 0 aliphatic heterocycles. The molecule has 110 valence electrons. The van der Waals surface area contributed by atoms with E-state index in [2.05, 4.69) is 10.4 Å². The van der Waals surface area contributed by atoms with Crippen molar-refractivity contribution in [2.45, 2.75) is 13.0 Å². The average molecular weight is 328 g/mol. The summed E-state index contributed by atoms with van der Waals surface area (Å²) in [6.45, 7) is 1.46. The van der Waals surface area contributed by atoms with Gasteiger partial charge in [-0.05, 0) is 25.1 Å². The predicted octanol–water partition coefficient (Wildman–Crippen LogP) is 3.09. The van der Waals surface area contributed by atoms with Gasteiger partial charge in [-0.25, -0.2) is 4.79 Å². The number of carboxylic acids is 1. The smallest absolute Gasteiger partial charge is 0.328 e. The highest BCUT2D eigenvalue weighted by molar-refractivity contribution is 6.44. The zero-order valence-corrected chi connectivity index (χ0v) is 12.4. The zero-order valence-electron chi connectivity index (χ0n) is 10.9. The van der Waals surface area contributed by atoms with E-state index in [4.69, 9.17) is 28.3 Å². The highest BCUT2D eigenvalue weighted by Crippen LogP contribution is 2.29. The summed E-state index contributed by atoms with van der Waals surface area (Å²) in [6, 6.07) is 5.41. The van der Waals surface area contributed by atoms with Crippen molar-refractivity contribution in [1.82, 2.24) is 9.78 Å². The van der Waals surface area contributed by atoms with Crippen LogP contribution >= 0.6 is 23.2 Å². The summed E-state index contributed by atoms with van der Waals surface area (Å²) < 4.78 is 1.19. The van der Waals surface area contributed by atoms with Crippen molar-refractivity contribution in [1.29, 1.82) is 0 Å². The molecule has 0 bridgehead atoms. The third-order valence-electron chi connectivity index (χ3n) is 2.79. The van der Waals surface area contributed by atoms with Gasteiger partial charge in [-0.15, -0.1) is 0 Å². The number of benzene rings is 1. The number of anilines is 1. The van der Waals surface area contributed by atoms with Gasteiger partial charge in [0, 0.05) is 6.20 Å². The molecule has 2 aromatic rings. The molecule has 0 spiro atoms. The summed E-state index contributed by atoms with van der Waals surface area (Å²) in [7, 11) is 0. The third-order valence-corrected chi connectivity index (χ3v) is 3.61. The molecule has 2 rings (SSSR count). The fourth-order valence-electron chi connectivity index (χ4n) is 1.57. The summed E-state index contributed by atoms with van der Waals surface area (Å²) in [5.74, 6) is -1.54. The molecule has 6 nitrogen and oxygen atoms in total. The lowest BCUT2D eigenvalue weighted by molar-refractivity contribution is -0.140. The third kappa shape index (κ3) is 3.34. The maximum absolute atomic E-state index is 12.0. The lowest BCUT2D eigenvalue weighted by atomic mass is 10.3. The standard InChI is InChI=1S/C13H11Cl2N3O3/c1-7(13(20)21)18-6-5-10(17-18)12(19)16-9-4-2-3-8(14)11(9)15/h2-7H,1H3,(H,16,19)(H,20,21). The number of aromatic nitrogens is 2. The number of carboxylic acid groups (broad SMARTS) is 1. The lowest BCUT2D eigenvalue weighted by Gasteiger charge is -2.07. The molecule has 0 saturated heterocycles. The lowest BCUT2D eigenvalue weighted by Crippen LogP contribution is -2.18. The van der Waals surface area contributed by atoms with Crippen LogP contribution in [0.15, 0.2) is 30.5 Å². The zero-order chi connectivity index (χ0) is 15.6. The summed E-state index contributed by atoms with van der Waals surface area (Å²) in [5, 5.41) is 15.9. The Morgan fingerprint density at radius 1 is 1.33 bits per heavy atom. The van der Waals surface area contributed by atoms with E-state index in [0.29, 0.717) is 10.7 Å². The van der Waals surface area contributed by atoms with E-state index in [9.17, 15) is 9.59 Å². The number of rotatable bonds is 4. The molecule has 1 heterocycles. The molecule has 0 fully saturated rings. The van der Waals surface area contributed by atoms with Crippen LogP contribution in [0.3, 0.4) is 0 Å². The van der Waals surface area contributed by atoms with Crippen molar-refractivity contribution in [3.05, 3.63) is 46.2 Å². The monoisotopic (exact) mass is 327 g/mol. The van der Waals surface area contributed by atoms with Gasteiger partial charge < -0.3 is 10.4 Å². The maximum Gasteiger partial charge on any atom is 0.328 e. The molecule has 0 saturated carbocycles. The summed E-state index contributed by atoms with van der Waals surface area (Å²) in [4.78, 5) is 22.9. The van der Waals surface area contributed by atoms with Crippen LogP contribution in [-0.4, -0.2) is 26.8 Å². The van der Waals surface area contributed by atoms with Crippen LogP contribution in [0.2, 0.25) is 10.0 Å². The van der Waals surface area contributed by atoms with E-state index >= 15 is 0 Å². The predicted molar refractivity (Wildman–Crippen MR) is 79.0 cm³/mol. The second-order valence-corrected chi connectivity index (χ2v) is 5.04. The number of carbonyl (C=O) groups excluding carboxylic acids is 1. The van der Waals surface area contributed by atoms with Gasteiger partial charge in [-0.1, -0.05) is 29.3 Å². The number of carbonyl (C=O) groups is 2. The van der Waals surface area contributed by atoms with Crippen molar-refractivity contribution >= 4 is 40.8 Å². The van der Waals surface area contributed by atoms with Gasteiger partial charge in [-0.2, -0.15) is 5.10 Å². The Bertz CT molecular complexity index is 700. The largest absolute Gasteiger partial charge is 0.480 e. The Balaban J connectivity index is 2.18. The first-order valence-corrected chi connectivity index (χ1v) is 6.69. The van der Waals surface area contributed by atoms with E-state index in [1.165, 1.54) is 23.9 Å². The van der Waals surface area contributed by atoms with E-state index in [1.807, 2.05) is 0 Å². The molecule has 2 N–H and O–H groups in total. The Kier molecular flexibility index (Phi) is 4.50. The highest BCUT2D eigenvalue weighted by Gasteiger charge is 2.17. The van der Waals surface area contributed by atoms with Gasteiger partial charge >= 0.3 is 5.97 Å². The normalized spacial score (nSPS) is 12.0. The number of amides is 1. The molecular formula is C13H11Cl2N3O3. The maximum atomic E-state index is 12.0. The van der Waals surface area contributed by atoms with Gasteiger partial charge in [0.15, 0.2) is 5.69 Å². The number of hydrogen-bond donors (Lipinski definition) is 2. The van der Waals surface area contributed by atoms with Gasteiger partial charge in [0.1, 0.15) is 6.04 Å². The number of hydrogen-bond acceptors (Lipinski definition) is 3. The summed E-state index contributed by atoms with van der Waals surface area (Å²) >= 11 is 11.8. The average Bonchev–Trinajstić information content (AvgIpc) is 2.92. The number of halogens is 2. The minimum absolute atomic E-state index is 0.0825. The van der Waals surface area contributed by atoms with Crippen molar-refractivity contribution < 1.29 is 14.7 Å². The molecule has 0 aliphatic carbocycles. The Morgan fingerprint density at radius 3 is 2.71 bits per heavy atom. The molecule has 1 aromatic heterocycles. The number of aliphatic carboxylic acids is 1. The molecule has 1 amide bonds. The molecular weight excluding hydrogens is 317 g/mol. The molecule has 1 unspecified atom stereocenters. The Morgan fingerprint density at radius 2 is 2.05 bits per heavy atom. The molecule has 0 aliphatic rings. The van der Waals surface area contributed by atoms with Gasteiger partial charge in [0.25, 0.3) is 5.91 Å². The van der Waals surface area contributed by atoms with E-state index in [0.717, 1.165) is 0 Å². The highest BCUT2D eigenvalue weighted by atomic mass is 35.5. The van der Waals surface area contributed by atoms with E-state index < -0.39 is 17.9 Å². The first-order chi connectivity index (χ1) is 9.90. The van der Waals surface area contributed by atoms with Crippen molar-refractivity contribution in [3.8, 4) is 0 Å². The number of nitrogens with zero attached hydrogens (tertiary/aromatic N) is 2. The quantitative estimate of drug-likeness (QED) is 0.903. The van der Waals surface area contributed by atoms with Crippen LogP contribution in [0.1, 0.15) is 23.5 Å². The second-order valence-electron chi connectivity index (χ2n) is 4.25. The second kappa shape index (κ2) is 6.15. The fourth-order valence-corrected chi connectivity index (χ4v) is 1.92. The fraction of sp³-hybridized carbons (Fsp3) is 0.154. The first kappa shape index (κ1) is 15.3. The van der Waals surface area contributed by atoms with Crippen LogP contribution in [0, 0.1) is 0 Å². The van der Waals surface area contributed by atoms with Gasteiger partial charge in [0.2, 0.25) is 0 Å². The Hall–Kier alpha value is -2.05. The van der Waals surface area contributed by atoms with Crippen molar-refractivity contribution in [3.63, 3.8) is 0 Å². The SMILES string of the molecule is CC(C(=O)O)n1ccc(C(=O)Nc2cccc(Cl)c2Cl)n1. The van der Waals surface area contributed by atoms with Crippen LogP contribution in [-0.2, 0) is 4.79 Å². The van der Waals surface area contributed by atoms with Gasteiger partial charge in [-0.3, -0.25) is 9.48 Å². The van der Waals surface area contributed by atoms with E-state index in [-0.39, 0.29) is 10.7 Å². The molecule has 21 heavy (non-hydrogen) atoms. The van der Waals surface area contributed by atoms with Crippen LogP contribution in [0.4, 0.5) is 5.69 Å². The van der Waals surface area contributed by atoms with Crippen LogP contribution in [0.5, 0.6) is 0 Å². The van der Waals surface area contributed by atoms with Gasteiger partial charge in [0.05, 0.1) is 15.7 Å². The molecule has 8 heteroatoms. The van der Waals surface area contributed by atoms with E-state index in [1.54, 1.807) is 18.2 Å². The molecule has 0 radical (unpaired) electrons.